The molecule has 7 heteroatoms. The second-order valence-corrected chi connectivity index (χ2v) is 4.84. The van der Waals surface area contributed by atoms with E-state index in [2.05, 4.69) is 10.3 Å². The molecule has 0 spiro atoms. The molecule has 110 valence electrons. The van der Waals surface area contributed by atoms with Gasteiger partial charge < -0.3 is 10.4 Å². The van der Waals surface area contributed by atoms with Crippen LogP contribution in [0.15, 0.2) is 18.3 Å². The van der Waals surface area contributed by atoms with E-state index < -0.39 is 10.9 Å². The molecular formula is C13H19N3O4. The van der Waals surface area contributed by atoms with Gasteiger partial charge in [-0.15, -0.1) is 0 Å². The first kappa shape index (κ1) is 15.9. The van der Waals surface area contributed by atoms with Crippen LogP contribution < -0.4 is 5.32 Å². The van der Waals surface area contributed by atoms with Crippen molar-refractivity contribution in [2.45, 2.75) is 39.2 Å². The van der Waals surface area contributed by atoms with Gasteiger partial charge in [0.15, 0.2) is 0 Å². The Morgan fingerprint density at radius 3 is 2.80 bits per heavy atom. The molecule has 2 N–H and O–H groups in total. The Bertz CT molecular complexity index is 478. The number of pyridine rings is 1. The number of aromatic nitrogens is 1. The van der Waals surface area contributed by atoms with Crippen LogP contribution in [0.4, 0.5) is 11.5 Å². The van der Waals surface area contributed by atoms with Crippen LogP contribution in [-0.4, -0.2) is 27.0 Å². The average molecular weight is 281 g/mol. The van der Waals surface area contributed by atoms with E-state index in [0.717, 1.165) is 12.8 Å². The van der Waals surface area contributed by atoms with E-state index in [0.29, 0.717) is 6.42 Å². The van der Waals surface area contributed by atoms with Crippen LogP contribution in [-0.2, 0) is 4.79 Å². The number of nitrogens with zero attached hydrogens (tertiary/aromatic N) is 2. The molecule has 0 saturated carbocycles. The van der Waals surface area contributed by atoms with E-state index in [4.69, 9.17) is 5.11 Å². The number of carboxylic acid groups (broad SMARTS) is 1. The van der Waals surface area contributed by atoms with Gasteiger partial charge in [0.05, 0.1) is 10.8 Å². The second-order valence-electron chi connectivity index (χ2n) is 4.84. The van der Waals surface area contributed by atoms with Crippen molar-refractivity contribution in [3.8, 4) is 0 Å². The summed E-state index contributed by atoms with van der Waals surface area (Å²) >= 11 is 0. The Hall–Kier alpha value is -2.18. The van der Waals surface area contributed by atoms with Gasteiger partial charge in [0.1, 0.15) is 0 Å². The van der Waals surface area contributed by atoms with Gasteiger partial charge in [0.25, 0.3) is 0 Å². The maximum Gasteiger partial charge on any atom is 0.311 e. The van der Waals surface area contributed by atoms with Crippen LogP contribution in [0.2, 0.25) is 0 Å². The van der Waals surface area contributed by atoms with Crippen molar-refractivity contribution < 1.29 is 14.8 Å². The Morgan fingerprint density at radius 1 is 1.50 bits per heavy atom. The average Bonchev–Trinajstić information content (AvgIpc) is 2.38. The van der Waals surface area contributed by atoms with Crippen molar-refractivity contribution in [3.63, 3.8) is 0 Å². The largest absolute Gasteiger partial charge is 0.481 e. The number of anilines is 1. The number of carbonyl (C=O) groups is 1. The van der Waals surface area contributed by atoms with Crippen molar-refractivity contribution in [2.75, 3.05) is 5.32 Å². The first-order valence-electron chi connectivity index (χ1n) is 6.50. The fraction of sp³-hybridized carbons (Fsp3) is 0.538. The molecule has 0 aliphatic carbocycles. The predicted molar refractivity (Wildman–Crippen MR) is 74.6 cm³/mol. The molecule has 0 bridgehead atoms. The summed E-state index contributed by atoms with van der Waals surface area (Å²) in [7, 11) is 0. The predicted octanol–water partition coefficient (Wildman–Crippen LogP) is 2.68. The number of rotatable bonds is 8. The maximum absolute atomic E-state index is 10.8. The minimum absolute atomic E-state index is 0.00963. The quantitative estimate of drug-likeness (QED) is 0.560. The SMILES string of the molecule is CC(CCCC(C)C(=O)O)Nc1ncccc1[N+](=O)[O-]. The first-order chi connectivity index (χ1) is 9.41. The molecular weight excluding hydrogens is 262 g/mol. The van der Waals surface area contributed by atoms with Crippen molar-refractivity contribution in [2.24, 2.45) is 5.92 Å². The van der Waals surface area contributed by atoms with E-state index in [1.54, 1.807) is 6.92 Å². The van der Waals surface area contributed by atoms with Crippen LogP contribution in [0.1, 0.15) is 33.1 Å². The lowest BCUT2D eigenvalue weighted by molar-refractivity contribution is -0.384. The molecule has 0 amide bonds. The van der Waals surface area contributed by atoms with Gasteiger partial charge in [-0.3, -0.25) is 14.9 Å². The van der Waals surface area contributed by atoms with E-state index in [1.807, 2.05) is 6.92 Å². The Labute approximate surface area is 117 Å². The third-order valence-electron chi connectivity index (χ3n) is 3.06. The summed E-state index contributed by atoms with van der Waals surface area (Å²) in [5.74, 6) is -0.923. The standard InChI is InChI=1S/C13H19N3O4/c1-9(13(17)18)5-3-6-10(2)15-12-11(16(19)20)7-4-8-14-12/h4,7-10H,3,5-6H2,1-2H3,(H,14,15)(H,17,18). The van der Waals surface area contributed by atoms with E-state index in [9.17, 15) is 14.9 Å². The molecule has 1 rings (SSSR count). The highest BCUT2D eigenvalue weighted by molar-refractivity contribution is 5.69. The molecule has 0 aromatic carbocycles. The highest BCUT2D eigenvalue weighted by atomic mass is 16.6. The number of nitro groups is 1. The minimum atomic E-state index is -0.800. The molecule has 0 aliphatic heterocycles. The van der Waals surface area contributed by atoms with E-state index in [-0.39, 0.29) is 23.5 Å². The highest BCUT2D eigenvalue weighted by Crippen LogP contribution is 2.22. The van der Waals surface area contributed by atoms with Crippen LogP contribution in [0.5, 0.6) is 0 Å². The fourth-order valence-electron chi connectivity index (χ4n) is 1.81. The summed E-state index contributed by atoms with van der Waals surface area (Å²) in [4.78, 5) is 25.0. The molecule has 2 unspecified atom stereocenters. The summed E-state index contributed by atoms with van der Waals surface area (Å²) in [5.41, 5.74) is -0.0572. The van der Waals surface area contributed by atoms with Gasteiger partial charge in [0.2, 0.25) is 5.82 Å². The summed E-state index contributed by atoms with van der Waals surface area (Å²) in [5, 5.41) is 22.6. The van der Waals surface area contributed by atoms with Crippen LogP contribution in [0.25, 0.3) is 0 Å². The highest BCUT2D eigenvalue weighted by Gasteiger charge is 2.16. The lowest BCUT2D eigenvalue weighted by Crippen LogP contribution is -2.18. The van der Waals surface area contributed by atoms with Crippen LogP contribution in [0.3, 0.4) is 0 Å². The first-order valence-corrected chi connectivity index (χ1v) is 6.50. The molecule has 7 nitrogen and oxygen atoms in total. The number of nitrogens with one attached hydrogen (secondary N) is 1. The molecule has 2 atom stereocenters. The summed E-state index contributed by atoms with van der Waals surface area (Å²) in [6.45, 7) is 3.56. The van der Waals surface area contributed by atoms with Gasteiger partial charge >= 0.3 is 11.7 Å². The van der Waals surface area contributed by atoms with Crippen LogP contribution in [0, 0.1) is 16.0 Å². The van der Waals surface area contributed by atoms with E-state index in [1.165, 1.54) is 18.3 Å². The van der Waals surface area contributed by atoms with Crippen molar-refractivity contribution in [1.82, 2.24) is 4.98 Å². The topological polar surface area (TPSA) is 105 Å². The molecule has 20 heavy (non-hydrogen) atoms. The Morgan fingerprint density at radius 2 is 2.20 bits per heavy atom. The van der Waals surface area contributed by atoms with Crippen molar-refractivity contribution in [3.05, 3.63) is 28.4 Å². The minimum Gasteiger partial charge on any atom is -0.481 e. The summed E-state index contributed by atoms with van der Waals surface area (Å²) in [6, 6.07) is 2.90. The number of hydrogen-bond acceptors (Lipinski definition) is 5. The molecule has 1 aromatic rings. The van der Waals surface area contributed by atoms with Gasteiger partial charge in [-0.05, 0) is 25.8 Å². The number of hydrogen-bond donors (Lipinski definition) is 2. The normalized spacial score (nSPS) is 13.5. The second kappa shape index (κ2) is 7.42. The van der Waals surface area contributed by atoms with Gasteiger partial charge in [-0.2, -0.15) is 0 Å². The zero-order chi connectivity index (χ0) is 15.1. The molecule has 0 fully saturated rings. The fourth-order valence-corrected chi connectivity index (χ4v) is 1.81. The van der Waals surface area contributed by atoms with Crippen molar-refractivity contribution >= 4 is 17.5 Å². The zero-order valence-corrected chi connectivity index (χ0v) is 11.6. The number of carboxylic acids is 1. The monoisotopic (exact) mass is 281 g/mol. The maximum atomic E-state index is 10.8. The molecule has 0 radical (unpaired) electrons. The van der Waals surface area contributed by atoms with Gasteiger partial charge in [-0.25, -0.2) is 4.98 Å². The summed E-state index contributed by atoms with van der Waals surface area (Å²) in [6.07, 6.45) is 3.55. The Balaban J connectivity index is 2.49. The number of aliphatic carboxylic acids is 1. The molecule has 1 aromatic heterocycles. The van der Waals surface area contributed by atoms with E-state index >= 15 is 0 Å². The smallest absolute Gasteiger partial charge is 0.311 e. The van der Waals surface area contributed by atoms with Gasteiger partial charge in [0, 0.05) is 18.3 Å². The van der Waals surface area contributed by atoms with Crippen LogP contribution >= 0.6 is 0 Å². The molecule has 0 saturated heterocycles. The third-order valence-corrected chi connectivity index (χ3v) is 3.06. The lowest BCUT2D eigenvalue weighted by Gasteiger charge is -2.15. The molecule has 1 heterocycles. The van der Waals surface area contributed by atoms with Gasteiger partial charge in [-0.1, -0.05) is 13.3 Å². The third kappa shape index (κ3) is 4.83. The summed E-state index contributed by atoms with van der Waals surface area (Å²) < 4.78 is 0. The molecule has 0 aliphatic rings. The van der Waals surface area contributed by atoms with Crippen molar-refractivity contribution in [1.29, 1.82) is 0 Å². The zero-order valence-electron chi connectivity index (χ0n) is 11.6. The Kier molecular flexibility index (Phi) is 5.89. The lowest BCUT2D eigenvalue weighted by atomic mass is 10.0.